The number of amides is 2. The highest BCUT2D eigenvalue weighted by molar-refractivity contribution is 5.86. The monoisotopic (exact) mass is 231 g/mol. The van der Waals surface area contributed by atoms with E-state index in [1.165, 1.54) is 0 Å². The van der Waals surface area contributed by atoms with Gasteiger partial charge in [0.15, 0.2) is 0 Å². The lowest BCUT2D eigenvalue weighted by molar-refractivity contribution is -0.126. The van der Waals surface area contributed by atoms with E-state index in [1.54, 1.807) is 0 Å². The Labute approximate surface area is 93.5 Å². The van der Waals surface area contributed by atoms with Crippen molar-refractivity contribution in [1.82, 2.24) is 16.0 Å². The summed E-state index contributed by atoms with van der Waals surface area (Å²) in [5.74, 6) is -0.261. The summed E-state index contributed by atoms with van der Waals surface area (Å²) in [6.07, 6.45) is 0. The van der Waals surface area contributed by atoms with Crippen LogP contribution in [0.1, 0.15) is 0 Å². The van der Waals surface area contributed by atoms with Gasteiger partial charge in [-0.1, -0.05) is 0 Å². The van der Waals surface area contributed by atoms with Gasteiger partial charge in [-0.25, -0.2) is 0 Å². The van der Waals surface area contributed by atoms with Crippen LogP contribution in [0.4, 0.5) is 0 Å². The minimum atomic E-state index is -0.379. The van der Waals surface area contributed by atoms with Crippen LogP contribution in [-0.2, 0) is 14.3 Å². The number of carbonyl (C=O) groups excluding carboxylic acids is 2. The standard InChI is InChI=1S/C9H17N3O4/c13-2-4-16-3-1-10-9(15)7-5-12-8(14)6-11-7/h7,11,13H,1-6H2,(H,10,15)(H,12,14). The SMILES string of the molecule is O=C1CNC(C(=O)NCCOCCO)CN1. The van der Waals surface area contributed by atoms with E-state index in [0.717, 1.165) is 0 Å². The Kier molecular flexibility index (Phi) is 5.76. The molecule has 4 N–H and O–H groups in total. The molecule has 0 aromatic carbocycles. The minimum Gasteiger partial charge on any atom is -0.394 e. The van der Waals surface area contributed by atoms with Gasteiger partial charge >= 0.3 is 0 Å². The molecule has 1 rings (SSSR count). The molecular weight excluding hydrogens is 214 g/mol. The van der Waals surface area contributed by atoms with E-state index in [-0.39, 0.29) is 37.6 Å². The van der Waals surface area contributed by atoms with E-state index in [4.69, 9.17) is 9.84 Å². The van der Waals surface area contributed by atoms with Gasteiger partial charge in [-0.2, -0.15) is 0 Å². The molecule has 1 heterocycles. The van der Waals surface area contributed by atoms with Crippen molar-refractivity contribution in [2.75, 3.05) is 39.5 Å². The van der Waals surface area contributed by atoms with Crippen molar-refractivity contribution >= 4 is 11.8 Å². The molecule has 0 radical (unpaired) electrons. The Balaban J connectivity index is 2.08. The summed E-state index contributed by atoms with van der Waals surface area (Å²) >= 11 is 0. The fourth-order valence-electron chi connectivity index (χ4n) is 1.29. The zero-order valence-corrected chi connectivity index (χ0v) is 8.99. The number of ether oxygens (including phenoxy) is 1. The molecule has 1 unspecified atom stereocenters. The maximum absolute atomic E-state index is 11.5. The third kappa shape index (κ3) is 4.56. The molecule has 7 heteroatoms. The average Bonchev–Trinajstić information content (AvgIpc) is 2.29. The first kappa shape index (κ1) is 12.9. The molecule has 1 atom stereocenters. The highest BCUT2D eigenvalue weighted by Crippen LogP contribution is 1.88. The molecule has 1 saturated heterocycles. The number of rotatable bonds is 6. The molecule has 16 heavy (non-hydrogen) atoms. The predicted molar refractivity (Wildman–Crippen MR) is 55.7 cm³/mol. The van der Waals surface area contributed by atoms with Crippen molar-refractivity contribution in [3.8, 4) is 0 Å². The quantitative estimate of drug-likeness (QED) is 0.370. The second kappa shape index (κ2) is 7.15. The number of aliphatic hydroxyl groups excluding tert-OH is 1. The first-order chi connectivity index (χ1) is 7.74. The Hall–Kier alpha value is -1.18. The molecule has 0 aromatic rings. The molecule has 0 aromatic heterocycles. The smallest absolute Gasteiger partial charge is 0.239 e. The topological polar surface area (TPSA) is 99.7 Å². The number of piperazine rings is 1. The van der Waals surface area contributed by atoms with Gasteiger partial charge in [-0.3, -0.25) is 14.9 Å². The van der Waals surface area contributed by atoms with Crippen molar-refractivity contribution < 1.29 is 19.4 Å². The number of hydrogen-bond donors (Lipinski definition) is 4. The Morgan fingerprint density at radius 1 is 1.56 bits per heavy atom. The fraction of sp³-hybridized carbons (Fsp3) is 0.778. The minimum absolute atomic E-state index is 0.0237. The van der Waals surface area contributed by atoms with Gasteiger partial charge in [0.2, 0.25) is 11.8 Å². The van der Waals surface area contributed by atoms with Gasteiger partial charge in [0, 0.05) is 13.1 Å². The summed E-state index contributed by atoms with van der Waals surface area (Å²) < 4.78 is 4.98. The molecule has 7 nitrogen and oxygen atoms in total. The van der Waals surface area contributed by atoms with Crippen molar-refractivity contribution in [3.05, 3.63) is 0 Å². The molecule has 2 amide bonds. The molecular formula is C9H17N3O4. The molecule has 0 bridgehead atoms. The summed E-state index contributed by atoms with van der Waals surface area (Å²) in [5.41, 5.74) is 0. The second-order valence-electron chi connectivity index (χ2n) is 3.36. The lowest BCUT2D eigenvalue weighted by atomic mass is 10.2. The number of carbonyl (C=O) groups is 2. The first-order valence-electron chi connectivity index (χ1n) is 5.20. The van der Waals surface area contributed by atoms with Crippen LogP contribution in [0.2, 0.25) is 0 Å². The largest absolute Gasteiger partial charge is 0.394 e. The van der Waals surface area contributed by atoms with Gasteiger partial charge in [-0.15, -0.1) is 0 Å². The van der Waals surface area contributed by atoms with E-state index in [1.807, 2.05) is 0 Å². The molecule has 0 spiro atoms. The van der Waals surface area contributed by atoms with E-state index < -0.39 is 0 Å². The number of nitrogens with one attached hydrogen (secondary N) is 3. The Morgan fingerprint density at radius 3 is 3.00 bits per heavy atom. The zero-order chi connectivity index (χ0) is 11.8. The van der Waals surface area contributed by atoms with Crippen molar-refractivity contribution in [2.24, 2.45) is 0 Å². The summed E-state index contributed by atoms with van der Waals surface area (Å²) in [4.78, 5) is 22.3. The van der Waals surface area contributed by atoms with Crippen LogP contribution in [-0.4, -0.2) is 62.4 Å². The first-order valence-corrected chi connectivity index (χ1v) is 5.20. The molecule has 92 valence electrons. The zero-order valence-electron chi connectivity index (χ0n) is 8.99. The predicted octanol–water partition coefficient (Wildman–Crippen LogP) is -2.80. The highest BCUT2D eigenvalue weighted by Gasteiger charge is 2.22. The van der Waals surface area contributed by atoms with Gasteiger partial charge in [0.25, 0.3) is 0 Å². The van der Waals surface area contributed by atoms with Gasteiger partial charge in [0.1, 0.15) is 6.04 Å². The van der Waals surface area contributed by atoms with E-state index in [9.17, 15) is 9.59 Å². The van der Waals surface area contributed by atoms with Crippen molar-refractivity contribution in [3.63, 3.8) is 0 Å². The third-order valence-corrected chi connectivity index (χ3v) is 2.11. The maximum atomic E-state index is 11.5. The van der Waals surface area contributed by atoms with Gasteiger partial charge in [0.05, 0.1) is 26.4 Å². The fourth-order valence-corrected chi connectivity index (χ4v) is 1.29. The lowest BCUT2D eigenvalue weighted by Gasteiger charge is -2.23. The van der Waals surface area contributed by atoms with Crippen molar-refractivity contribution in [1.29, 1.82) is 0 Å². The van der Waals surface area contributed by atoms with Crippen molar-refractivity contribution in [2.45, 2.75) is 6.04 Å². The molecule has 0 saturated carbocycles. The van der Waals surface area contributed by atoms with E-state index in [2.05, 4.69) is 16.0 Å². The summed E-state index contributed by atoms with van der Waals surface area (Å²) in [5, 5.41) is 16.5. The van der Waals surface area contributed by atoms with E-state index >= 15 is 0 Å². The Morgan fingerprint density at radius 2 is 2.38 bits per heavy atom. The van der Waals surface area contributed by atoms with Crippen LogP contribution in [0.15, 0.2) is 0 Å². The van der Waals surface area contributed by atoms with Crippen LogP contribution < -0.4 is 16.0 Å². The van der Waals surface area contributed by atoms with Gasteiger partial charge in [-0.05, 0) is 0 Å². The molecule has 1 aliphatic rings. The average molecular weight is 231 g/mol. The molecule has 1 aliphatic heterocycles. The number of hydrogen-bond acceptors (Lipinski definition) is 5. The van der Waals surface area contributed by atoms with Crippen LogP contribution in [0, 0.1) is 0 Å². The van der Waals surface area contributed by atoms with Crippen LogP contribution in [0.25, 0.3) is 0 Å². The summed E-state index contributed by atoms with van der Waals surface area (Å²) in [6.45, 7) is 1.48. The summed E-state index contributed by atoms with van der Waals surface area (Å²) in [6, 6.07) is -0.379. The normalized spacial score (nSPS) is 20.3. The molecule has 1 fully saturated rings. The summed E-state index contributed by atoms with van der Waals surface area (Å²) in [7, 11) is 0. The van der Waals surface area contributed by atoms with Gasteiger partial charge < -0.3 is 20.5 Å². The van der Waals surface area contributed by atoms with Crippen LogP contribution in [0.5, 0.6) is 0 Å². The second-order valence-corrected chi connectivity index (χ2v) is 3.36. The highest BCUT2D eigenvalue weighted by atomic mass is 16.5. The number of aliphatic hydroxyl groups is 1. The molecule has 0 aliphatic carbocycles. The third-order valence-electron chi connectivity index (χ3n) is 2.11. The lowest BCUT2D eigenvalue weighted by Crippen LogP contribution is -2.58. The maximum Gasteiger partial charge on any atom is 0.239 e. The van der Waals surface area contributed by atoms with E-state index in [0.29, 0.717) is 19.7 Å². The van der Waals surface area contributed by atoms with Crippen LogP contribution in [0.3, 0.4) is 0 Å². The Bertz CT molecular complexity index is 237. The van der Waals surface area contributed by atoms with Crippen LogP contribution >= 0.6 is 0 Å².